The van der Waals surface area contributed by atoms with Gasteiger partial charge in [-0.15, -0.1) is 0 Å². The van der Waals surface area contributed by atoms with Crippen LogP contribution < -0.4 is 15.0 Å². The van der Waals surface area contributed by atoms with E-state index in [-0.39, 0.29) is 37.1 Å². The van der Waals surface area contributed by atoms with Gasteiger partial charge in [-0.25, -0.2) is 0 Å². The minimum atomic E-state index is -0.888. The number of anilines is 1. The Balaban J connectivity index is 1.90. The molecular weight excluding hydrogens is 312 g/mol. The number of benzene rings is 1. The van der Waals surface area contributed by atoms with Gasteiger partial charge in [0.2, 0.25) is 5.91 Å². The molecule has 0 spiro atoms. The van der Waals surface area contributed by atoms with Gasteiger partial charge in [-0.1, -0.05) is 19.1 Å². The highest BCUT2D eigenvalue weighted by Gasteiger charge is 2.31. The molecule has 0 aromatic heterocycles. The Hall–Kier alpha value is -2.57. The molecule has 2 atom stereocenters. The van der Waals surface area contributed by atoms with Gasteiger partial charge in [-0.2, -0.15) is 0 Å². The second-order valence-electron chi connectivity index (χ2n) is 5.97. The van der Waals surface area contributed by atoms with Crippen molar-refractivity contribution >= 4 is 23.5 Å². The molecule has 0 aliphatic carbocycles. The van der Waals surface area contributed by atoms with Crippen molar-refractivity contribution in [2.45, 2.75) is 32.8 Å². The molecule has 0 fully saturated rings. The quantitative estimate of drug-likeness (QED) is 0.786. The predicted molar refractivity (Wildman–Crippen MR) is 87.9 cm³/mol. The number of carboxylic acids is 1. The van der Waals surface area contributed by atoms with Crippen LogP contribution in [0.5, 0.6) is 5.75 Å². The number of nitrogens with one attached hydrogen (secondary N) is 1. The second-order valence-corrected chi connectivity index (χ2v) is 5.97. The first kappa shape index (κ1) is 17.8. The number of amides is 2. The van der Waals surface area contributed by atoms with Gasteiger partial charge in [0.1, 0.15) is 5.75 Å². The summed E-state index contributed by atoms with van der Waals surface area (Å²) in [6, 6.07) is 7.22. The lowest BCUT2D eigenvalue weighted by molar-refractivity contribution is -0.138. The van der Waals surface area contributed by atoms with Gasteiger partial charge < -0.3 is 20.1 Å². The number of fused-ring (bicyclic) bond motifs is 1. The van der Waals surface area contributed by atoms with Crippen molar-refractivity contribution in [2.75, 3.05) is 18.0 Å². The SMILES string of the molecule is CC(CNC(=O)CCN1C(=O)C(C)Oc2ccccc21)CC(=O)O. The summed E-state index contributed by atoms with van der Waals surface area (Å²) in [5.41, 5.74) is 0.660. The average Bonchev–Trinajstić information content (AvgIpc) is 2.52. The third-order valence-corrected chi connectivity index (χ3v) is 3.81. The molecule has 1 aromatic rings. The van der Waals surface area contributed by atoms with Crippen LogP contribution in [0.2, 0.25) is 0 Å². The monoisotopic (exact) mass is 334 g/mol. The fourth-order valence-electron chi connectivity index (χ4n) is 2.55. The molecule has 2 N–H and O–H groups in total. The number of carboxylic acid groups (broad SMARTS) is 1. The maximum Gasteiger partial charge on any atom is 0.303 e. The Bertz CT molecular complexity index is 631. The smallest absolute Gasteiger partial charge is 0.303 e. The summed E-state index contributed by atoms with van der Waals surface area (Å²) in [6.07, 6.45) is -0.432. The van der Waals surface area contributed by atoms with Gasteiger partial charge >= 0.3 is 5.97 Å². The van der Waals surface area contributed by atoms with E-state index >= 15 is 0 Å². The highest BCUT2D eigenvalue weighted by atomic mass is 16.5. The van der Waals surface area contributed by atoms with Crippen molar-refractivity contribution in [1.29, 1.82) is 0 Å². The maximum atomic E-state index is 12.3. The topological polar surface area (TPSA) is 95.9 Å². The van der Waals surface area contributed by atoms with Gasteiger partial charge in [0, 0.05) is 25.9 Å². The average molecular weight is 334 g/mol. The van der Waals surface area contributed by atoms with Crippen molar-refractivity contribution in [3.05, 3.63) is 24.3 Å². The Morgan fingerprint density at radius 1 is 1.38 bits per heavy atom. The maximum absolute atomic E-state index is 12.3. The molecule has 2 unspecified atom stereocenters. The van der Waals surface area contributed by atoms with Crippen LogP contribution in [-0.2, 0) is 14.4 Å². The van der Waals surface area contributed by atoms with Gasteiger partial charge in [0.05, 0.1) is 5.69 Å². The fourth-order valence-corrected chi connectivity index (χ4v) is 2.55. The molecule has 1 aliphatic heterocycles. The Morgan fingerprint density at radius 2 is 2.08 bits per heavy atom. The number of hydrogen-bond acceptors (Lipinski definition) is 4. The highest BCUT2D eigenvalue weighted by Crippen LogP contribution is 2.33. The van der Waals surface area contributed by atoms with Crippen LogP contribution in [0, 0.1) is 5.92 Å². The molecule has 0 saturated carbocycles. The number of nitrogens with zero attached hydrogens (tertiary/aromatic N) is 1. The number of carbonyl (C=O) groups excluding carboxylic acids is 2. The van der Waals surface area contributed by atoms with Crippen molar-refractivity contribution in [3.63, 3.8) is 0 Å². The normalized spacial score (nSPS) is 17.7. The van der Waals surface area contributed by atoms with Crippen LogP contribution in [0.15, 0.2) is 24.3 Å². The lowest BCUT2D eigenvalue weighted by Crippen LogP contribution is -2.46. The summed E-state index contributed by atoms with van der Waals surface area (Å²) in [4.78, 5) is 36.4. The predicted octanol–water partition coefficient (Wildman–Crippen LogP) is 1.42. The molecule has 1 aliphatic rings. The second kappa shape index (κ2) is 7.81. The molecule has 0 bridgehead atoms. The van der Waals surface area contributed by atoms with E-state index in [0.29, 0.717) is 18.0 Å². The summed E-state index contributed by atoms with van der Waals surface area (Å²) in [6.45, 7) is 3.99. The number of rotatable bonds is 7. The Kier molecular flexibility index (Phi) is 5.78. The number of para-hydroxylation sites is 2. The first-order valence-electron chi connectivity index (χ1n) is 7.94. The van der Waals surface area contributed by atoms with E-state index in [9.17, 15) is 14.4 Å². The van der Waals surface area contributed by atoms with Crippen molar-refractivity contribution in [3.8, 4) is 5.75 Å². The number of carbonyl (C=O) groups is 3. The Labute approximate surface area is 140 Å². The van der Waals surface area contributed by atoms with E-state index in [2.05, 4.69) is 5.32 Å². The van der Waals surface area contributed by atoms with Crippen LogP contribution in [0.4, 0.5) is 5.69 Å². The fraction of sp³-hybridized carbons (Fsp3) is 0.471. The first-order chi connectivity index (χ1) is 11.4. The lowest BCUT2D eigenvalue weighted by Gasteiger charge is -2.32. The van der Waals surface area contributed by atoms with Crippen molar-refractivity contribution < 1.29 is 24.2 Å². The zero-order chi connectivity index (χ0) is 17.7. The summed E-state index contributed by atoms with van der Waals surface area (Å²) in [5.74, 6) is -0.795. The minimum Gasteiger partial charge on any atom is -0.481 e. The zero-order valence-electron chi connectivity index (χ0n) is 13.8. The van der Waals surface area contributed by atoms with Crippen LogP contribution >= 0.6 is 0 Å². The third-order valence-electron chi connectivity index (χ3n) is 3.81. The van der Waals surface area contributed by atoms with Gasteiger partial charge in [0.25, 0.3) is 5.91 Å². The van der Waals surface area contributed by atoms with E-state index in [1.807, 2.05) is 12.1 Å². The van der Waals surface area contributed by atoms with E-state index in [4.69, 9.17) is 9.84 Å². The number of aliphatic carboxylic acids is 1. The summed E-state index contributed by atoms with van der Waals surface area (Å²) in [5, 5.41) is 11.4. The third kappa shape index (κ3) is 4.47. The minimum absolute atomic E-state index is 0.00706. The van der Waals surface area contributed by atoms with Crippen LogP contribution in [0.25, 0.3) is 0 Å². The molecule has 2 amide bonds. The molecule has 130 valence electrons. The largest absolute Gasteiger partial charge is 0.481 e. The standard InChI is InChI=1S/C17H22N2O5/c1-11(9-16(21)22)10-18-15(20)7-8-19-13-5-3-4-6-14(13)24-12(2)17(19)23/h3-6,11-12H,7-10H2,1-2H3,(H,18,20)(H,21,22). The molecule has 0 saturated heterocycles. The molecule has 1 heterocycles. The lowest BCUT2D eigenvalue weighted by atomic mass is 10.1. The van der Waals surface area contributed by atoms with E-state index < -0.39 is 12.1 Å². The van der Waals surface area contributed by atoms with Gasteiger partial charge in [-0.05, 0) is 25.0 Å². The molecular formula is C17H22N2O5. The van der Waals surface area contributed by atoms with E-state index in [0.717, 1.165) is 0 Å². The molecule has 2 rings (SSSR count). The molecule has 0 radical (unpaired) electrons. The van der Waals surface area contributed by atoms with E-state index in [1.165, 1.54) is 0 Å². The molecule has 7 nitrogen and oxygen atoms in total. The summed E-state index contributed by atoms with van der Waals surface area (Å²) >= 11 is 0. The van der Waals surface area contributed by atoms with E-state index in [1.54, 1.807) is 30.9 Å². The Morgan fingerprint density at radius 3 is 2.79 bits per heavy atom. The molecule has 24 heavy (non-hydrogen) atoms. The highest BCUT2D eigenvalue weighted by molar-refractivity contribution is 6.00. The van der Waals surface area contributed by atoms with Crippen molar-refractivity contribution in [1.82, 2.24) is 5.32 Å². The van der Waals surface area contributed by atoms with Gasteiger partial charge in [0.15, 0.2) is 6.10 Å². The van der Waals surface area contributed by atoms with Crippen LogP contribution in [0.1, 0.15) is 26.7 Å². The molecule has 1 aromatic carbocycles. The zero-order valence-corrected chi connectivity index (χ0v) is 13.8. The summed E-state index contributed by atoms with van der Waals surface area (Å²) in [7, 11) is 0. The van der Waals surface area contributed by atoms with Crippen LogP contribution in [-0.4, -0.2) is 42.1 Å². The van der Waals surface area contributed by atoms with Crippen LogP contribution in [0.3, 0.4) is 0 Å². The first-order valence-corrected chi connectivity index (χ1v) is 7.94. The van der Waals surface area contributed by atoms with Crippen molar-refractivity contribution in [2.24, 2.45) is 5.92 Å². The van der Waals surface area contributed by atoms with Gasteiger partial charge in [-0.3, -0.25) is 14.4 Å². The molecule has 7 heteroatoms. The number of ether oxygens (including phenoxy) is 1. The number of hydrogen-bond donors (Lipinski definition) is 2. The summed E-state index contributed by atoms with van der Waals surface area (Å²) < 4.78 is 5.55.